The summed E-state index contributed by atoms with van der Waals surface area (Å²) in [6.07, 6.45) is 0.232. The van der Waals surface area contributed by atoms with Crippen LogP contribution in [0.15, 0.2) is 17.5 Å². The van der Waals surface area contributed by atoms with Gasteiger partial charge in [0.1, 0.15) is 0 Å². The number of ether oxygens (including phenoxy) is 2. The highest BCUT2D eigenvalue weighted by Crippen LogP contribution is 2.38. The Morgan fingerprint density at radius 3 is 3.46 bits per heavy atom. The molecule has 0 amide bonds. The normalized spacial score (nSPS) is 38.0. The van der Waals surface area contributed by atoms with E-state index in [4.69, 9.17) is 9.47 Å². The van der Waals surface area contributed by atoms with Crippen LogP contribution in [0.4, 0.5) is 0 Å². The van der Waals surface area contributed by atoms with Gasteiger partial charge in [0.2, 0.25) is 5.79 Å². The Kier molecular flexibility index (Phi) is 1.70. The van der Waals surface area contributed by atoms with Crippen LogP contribution in [0.2, 0.25) is 0 Å². The molecule has 70 valence electrons. The Labute approximate surface area is 80.7 Å². The van der Waals surface area contributed by atoms with E-state index < -0.39 is 5.79 Å². The van der Waals surface area contributed by atoms with Crippen LogP contribution in [-0.2, 0) is 15.3 Å². The van der Waals surface area contributed by atoms with E-state index in [9.17, 15) is 0 Å². The van der Waals surface area contributed by atoms with E-state index in [1.807, 2.05) is 6.07 Å². The Morgan fingerprint density at radius 2 is 2.62 bits per heavy atom. The quantitative estimate of drug-likeness (QED) is 0.726. The van der Waals surface area contributed by atoms with E-state index in [1.165, 1.54) is 4.88 Å². The van der Waals surface area contributed by atoms with E-state index in [2.05, 4.69) is 16.8 Å². The molecule has 3 rings (SSSR count). The van der Waals surface area contributed by atoms with Crippen molar-refractivity contribution in [3.8, 4) is 0 Å². The molecule has 2 atom stereocenters. The summed E-state index contributed by atoms with van der Waals surface area (Å²) < 4.78 is 11.6. The zero-order valence-corrected chi connectivity index (χ0v) is 7.97. The summed E-state index contributed by atoms with van der Waals surface area (Å²) in [6.45, 7) is 2.39. The second-order valence-electron chi connectivity index (χ2n) is 3.41. The molecular formula is C9H11NO2S. The van der Waals surface area contributed by atoms with Gasteiger partial charge in [-0.2, -0.15) is 0 Å². The van der Waals surface area contributed by atoms with Gasteiger partial charge >= 0.3 is 0 Å². The molecule has 2 aliphatic rings. The van der Waals surface area contributed by atoms with Crippen LogP contribution in [0, 0.1) is 0 Å². The molecule has 0 aliphatic carbocycles. The first-order chi connectivity index (χ1) is 6.39. The van der Waals surface area contributed by atoms with Gasteiger partial charge in [-0.3, -0.25) is 0 Å². The number of rotatable bonds is 1. The number of hydrogen-bond acceptors (Lipinski definition) is 4. The lowest BCUT2D eigenvalue weighted by Crippen LogP contribution is -2.46. The molecule has 3 heterocycles. The molecule has 2 aliphatic heterocycles. The van der Waals surface area contributed by atoms with Crippen LogP contribution in [0.3, 0.4) is 0 Å². The number of thiophene rings is 1. The molecule has 2 fully saturated rings. The van der Waals surface area contributed by atoms with Crippen molar-refractivity contribution in [3.63, 3.8) is 0 Å². The van der Waals surface area contributed by atoms with Crippen LogP contribution < -0.4 is 5.32 Å². The van der Waals surface area contributed by atoms with Crippen molar-refractivity contribution in [1.29, 1.82) is 0 Å². The maximum Gasteiger partial charge on any atom is 0.217 e. The molecule has 1 aromatic heterocycles. The molecule has 2 saturated heterocycles. The average Bonchev–Trinajstić information content (AvgIpc) is 2.75. The Bertz CT molecular complexity index is 297. The van der Waals surface area contributed by atoms with Gasteiger partial charge in [-0.25, -0.2) is 0 Å². The summed E-state index contributed by atoms with van der Waals surface area (Å²) in [6, 6.07) is 4.10. The van der Waals surface area contributed by atoms with E-state index in [0.717, 1.165) is 13.1 Å². The van der Waals surface area contributed by atoms with Crippen molar-refractivity contribution in [2.75, 3.05) is 19.7 Å². The van der Waals surface area contributed by atoms with Gasteiger partial charge in [-0.15, -0.1) is 11.3 Å². The molecule has 4 heteroatoms. The minimum Gasteiger partial charge on any atom is -0.341 e. The van der Waals surface area contributed by atoms with Crippen LogP contribution in [0.5, 0.6) is 0 Å². The molecule has 1 aromatic rings. The number of fused-ring (bicyclic) bond motifs is 2. The van der Waals surface area contributed by atoms with Crippen LogP contribution in [0.1, 0.15) is 4.88 Å². The lowest BCUT2D eigenvalue weighted by atomic mass is 10.2. The van der Waals surface area contributed by atoms with Gasteiger partial charge in [-0.05, 0) is 11.4 Å². The molecule has 0 aromatic carbocycles. The third-order valence-electron chi connectivity index (χ3n) is 2.49. The SMILES string of the molecule is c1csc(C23CNCC(CO2)O3)c1. The molecule has 3 nitrogen and oxygen atoms in total. The summed E-state index contributed by atoms with van der Waals surface area (Å²) >= 11 is 1.69. The van der Waals surface area contributed by atoms with Crippen LogP contribution >= 0.6 is 11.3 Å². The first-order valence-electron chi connectivity index (χ1n) is 4.45. The number of morpholine rings is 1. The van der Waals surface area contributed by atoms with E-state index in [0.29, 0.717) is 6.61 Å². The van der Waals surface area contributed by atoms with Crippen molar-refractivity contribution in [2.24, 2.45) is 0 Å². The van der Waals surface area contributed by atoms with E-state index in [1.54, 1.807) is 11.3 Å². The predicted molar refractivity (Wildman–Crippen MR) is 49.7 cm³/mol. The minimum atomic E-state index is -0.475. The Morgan fingerprint density at radius 1 is 1.62 bits per heavy atom. The summed E-state index contributed by atoms with van der Waals surface area (Å²) in [5.41, 5.74) is 0. The highest BCUT2D eigenvalue weighted by Gasteiger charge is 2.46. The highest BCUT2D eigenvalue weighted by atomic mass is 32.1. The monoisotopic (exact) mass is 197 g/mol. The topological polar surface area (TPSA) is 30.5 Å². The zero-order chi connectivity index (χ0) is 8.73. The maximum absolute atomic E-state index is 5.85. The van der Waals surface area contributed by atoms with E-state index in [-0.39, 0.29) is 6.10 Å². The maximum atomic E-state index is 5.85. The first kappa shape index (κ1) is 7.94. The largest absolute Gasteiger partial charge is 0.341 e. The van der Waals surface area contributed by atoms with E-state index >= 15 is 0 Å². The minimum absolute atomic E-state index is 0.232. The molecule has 2 unspecified atom stereocenters. The van der Waals surface area contributed by atoms with Crippen molar-refractivity contribution < 1.29 is 9.47 Å². The van der Waals surface area contributed by atoms with Gasteiger partial charge in [0.15, 0.2) is 0 Å². The Hall–Kier alpha value is -0.420. The lowest BCUT2D eigenvalue weighted by molar-refractivity contribution is -0.183. The standard InChI is InChI=1S/C9H11NO2S/c1-2-8(13-3-1)9-6-10-4-7(12-9)5-11-9/h1-3,7,10H,4-6H2. The molecule has 0 radical (unpaired) electrons. The third-order valence-corrected chi connectivity index (χ3v) is 3.48. The second-order valence-corrected chi connectivity index (χ2v) is 4.36. The van der Waals surface area contributed by atoms with Crippen molar-refractivity contribution in [2.45, 2.75) is 11.9 Å². The Balaban J connectivity index is 1.97. The number of hydrogen-bond donors (Lipinski definition) is 1. The molecule has 0 spiro atoms. The fourth-order valence-electron chi connectivity index (χ4n) is 1.87. The van der Waals surface area contributed by atoms with Crippen LogP contribution in [-0.4, -0.2) is 25.8 Å². The fraction of sp³-hybridized carbons (Fsp3) is 0.556. The first-order valence-corrected chi connectivity index (χ1v) is 5.33. The van der Waals surface area contributed by atoms with Gasteiger partial charge in [0, 0.05) is 6.54 Å². The highest BCUT2D eigenvalue weighted by molar-refractivity contribution is 7.10. The van der Waals surface area contributed by atoms with Gasteiger partial charge in [0.05, 0.1) is 24.1 Å². The molecule has 1 N–H and O–H groups in total. The zero-order valence-electron chi connectivity index (χ0n) is 7.16. The van der Waals surface area contributed by atoms with Crippen molar-refractivity contribution in [3.05, 3.63) is 22.4 Å². The third kappa shape index (κ3) is 1.14. The molecule has 13 heavy (non-hydrogen) atoms. The number of nitrogens with one attached hydrogen (secondary N) is 1. The second kappa shape index (κ2) is 2.78. The summed E-state index contributed by atoms with van der Waals surface area (Å²) in [4.78, 5) is 1.17. The van der Waals surface area contributed by atoms with Crippen molar-refractivity contribution in [1.82, 2.24) is 5.32 Å². The summed E-state index contributed by atoms with van der Waals surface area (Å²) in [7, 11) is 0. The van der Waals surface area contributed by atoms with Crippen LogP contribution in [0.25, 0.3) is 0 Å². The van der Waals surface area contributed by atoms with Gasteiger partial charge < -0.3 is 14.8 Å². The average molecular weight is 197 g/mol. The predicted octanol–water partition coefficient (Wildman–Crippen LogP) is 0.919. The van der Waals surface area contributed by atoms with Crippen molar-refractivity contribution >= 4 is 11.3 Å². The summed E-state index contributed by atoms with van der Waals surface area (Å²) in [5.74, 6) is -0.475. The molecule has 2 bridgehead atoms. The van der Waals surface area contributed by atoms with Gasteiger partial charge in [0.25, 0.3) is 0 Å². The van der Waals surface area contributed by atoms with Gasteiger partial charge in [-0.1, -0.05) is 6.07 Å². The molecule has 0 saturated carbocycles. The lowest BCUT2D eigenvalue weighted by Gasteiger charge is -2.31. The molecular weight excluding hydrogens is 186 g/mol. The fourth-order valence-corrected chi connectivity index (χ4v) is 2.69. The summed E-state index contributed by atoms with van der Waals surface area (Å²) in [5, 5.41) is 5.39. The smallest absolute Gasteiger partial charge is 0.217 e.